The molecule has 0 spiro atoms. The Morgan fingerprint density at radius 1 is 1.16 bits per heavy atom. The van der Waals surface area contributed by atoms with Gasteiger partial charge in [0.2, 0.25) is 11.8 Å². The number of piperidine rings is 1. The fraction of sp³-hybridized carbons (Fsp3) is 0.609. The highest BCUT2D eigenvalue weighted by Gasteiger charge is 2.39. The first-order valence-electron chi connectivity index (χ1n) is 10.9. The Kier molecular flexibility index (Phi) is 6.59. The number of hydrogen-bond acceptors (Lipinski definition) is 5. The highest BCUT2D eigenvalue weighted by molar-refractivity contribution is 5.95. The molecule has 3 rings (SSSR count). The van der Waals surface area contributed by atoms with Gasteiger partial charge < -0.3 is 15.0 Å². The van der Waals surface area contributed by atoms with Gasteiger partial charge in [-0.15, -0.1) is 0 Å². The third-order valence-electron chi connectivity index (χ3n) is 6.24. The van der Waals surface area contributed by atoms with Crippen molar-refractivity contribution >= 4 is 23.6 Å². The monoisotopic (exact) mass is 431 g/mol. The Bertz CT molecular complexity index is 853. The first kappa shape index (κ1) is 23.1. The lowest BCUT2D eigenvalue weighted by Gasteiger charge is -2.38. The predicted molar refractivity (Wildman–Crippen MR) is 116 cm³/mol. The van der Waals surface area contributed by atoms with Gasteiger partial charge in [-0.3, -0.25) is 14.8 Å². The molecule has 3 N–H and O–H groups in total. The van der Waals surface area contributed by atoms with Gasteiger partial charge in [0.05, 0.1) is 5.41 Å². The van der Waals surface area contributed by atoms with Gasteiger partial charge in [0.25, 0.3) is 0 Å². The number of fused-ring (bicyclic) bond motifs is 1. The summed E-state index contributed by atoms with van der Waals surface area (Å²) in [4.78, 5) is 38.6. The van der Waals surface area contributed by atoms with Crippen LogP contribution in [0.15, 0.2) is 18.2 Å². The van der Waals surface area contributed by atoms with Crippen molar-refractivity contribution in [3.05, 3.63) is 29.3 Å². The number of carbonyl (C=O) groups is 3. The number of ether oxygens (including phenoxy) is 1. The molecule has 3 amide bonds. The summed E-state index contributed by atoms with van der Waals surface area (Å²) in [5.41, 5.74) is 3.56. The SMILES string of the molecule is CC(C)(C)OC(=O)N1CCC(C)(C(=O)Nc2ccc3c(c2)CCC(C(=O)NO)C3)CC1. The summed E-state index contributed by atoms with van der Waals surface area (Å²) in [5, 5.41) is 11.9. The van der Waals surface area contributed by atoms with Gasteiger partial charge in [-0.2, -0.15) is 0 Å². The van der Waals surface area contributed by atoms with Gasteiger partial charge in [-0.1, -0.05) is 13.0 Å². The van der Waals surface area contributed by atoms with E-state index >= 15 is 0 Å². The van der Waals surface area contributed by atoms with Gasteiger partial charge in [-0.05, 0) is 76.1 Å². The number of likely N-dealkylation sites (tertiary alicyclic amines) is 1. The third-order valence-corrected chi connectivity index (χ3v) is 6.24. The van der Waals surface area contributed by atoms with E-state index in [4.69, 9.17) is 9.94 Å². The molecule has 8 heteroatoms. The van der Waals surface area contributed by atoms with E-state index in [2.05, 4.69) is 5.32 Å². The smallest absolute Gasteiger partial charge is 0.410 e. The lowest BCUT2D eigenvalue weighted by Crippen LogP contribution is -2.48. The number of nitrogens with one attached hydrogen (secondary N) is 2. The number of benzene rings is 1. The van der Waals surface area contributed by atoms with Crippen molar-refractivity contribution in [1.29, 1.82) is 0 Å². The molecule has 8 nitrogen and oxygen atoms in total. The standard InChI is InChI=1S/C23H33N3O5/c1-22(2,3)31-21(29)26-11-9-23(4,10-12-26)20(28)24-18-8-7-15-13-17(19(27)25-30)6-5-16(15)14-18/h7-8,14,17,30H,5-6,9-13H2,1-4H3,(H,24,28)(H,25,27). The number of hydrogen-bond donors (Lipinski definition) is 3. The molecule has 0 bridgehead atoms. The fourth-order valence-corrected chi connectivity index (χ4v) is 4.17. The van der Waals surface area contributed by atoms with Gasteiger partial charge in [-0.25, -0.2) is 10.3 Å². The zero-order valence-corrected chi connectivity index (χ0v) is 18.8. The number of hydroxylamine groups is 1. The molecule has 1 saturated heterocycles. The van der Waals surface area contributed by atoms with Crippen molar-refractivity contribution in [3.8, 4) is 0 Å². The van der Waals surface area contributed by atoms with Crippen molar-refractivity contribution in [2.75, 3.05) is 18.4 Å². The minimum Gasteiger partial charge on any atom is -0.444 e. The minimum atomic E-state index is -0.557. The van der Waals surface area contributed by atoms with E-state index in [9.17, 15) is 14.4 Å². The molecule has 2 aliphatic rings. The zero-order chi connectivity index (χ0) is 22.8. The molecule has 0 saturated carbocycles. The maximum atomic E-state index is 13.0. The van der Waals surface area contributed by atoms with E-state index in [0.29, 0.717) is 38.8 Å². The van der Waals surface area contributed by atoms with Crippen molar-refractivity contribution in [2.24, 2.45) is 11.3 Å². The summed E-state index contributed by atoms with van der Waals surface area (Å²) in [6.07, 6.45) is 2.77. The van der Waals surface area contributed by atoms with Crippen LogP contribution in [0.4, 0.5) is 10.5 Å². The van der Waals surface area contributed by atoms with Gasteiger partial charge >= 0.3 is 6.09 Å². The number of nitrogens with zero attached hydrogens (tertiary/aromatic N) is 1. The van der Waals surface area contributed by atoms with Crippen LogP contribution in [-0.4, -0.2) is 46.7 Å². The van der Waals surface area contributed by atoms with Crippen molar-refractivity contribution < 1.29 is 24.3 Å². The molecule has 170 valence electrons. The molecule has 1 aromatic carbocycles. The number of aryl methyl sites for hydroxylation is 1. The molecule has 1 unspecified atom stereocenters. The lowest BCUT2D eigenvalue weighted by atomic mass is 9.79. The number of rotatable bonds is 3. The average molecular weight is 432 g/mol. The first-order chi connectivity index (χ1) is 14.5. The van der Waals surface area contributed by atoms with Crippen LogP contribution in [0.25, 0.3) is 0 Å². The fourth-order valence-electron chi connectivity index (χ4n) is 4.17. The van der Waals surface area contributed by atoms with E-state index in [1.54, 1.807) is 10.4 Å². The third kappa shape index (κ3) is 5.55. The highest BCUT2D eigenvalue weighted by Crippen LogP contribution is 2.34. The van der Waals surface area contributed by atoms with E-state index in [1.807, 2.05) is 45.9 Å². The van der Waals surface area contributed by atoms with Crippen molar-refractivity contribution in [3.63, 3.8) is 0 Å². The normalized spacial score (nSPS) is 20.4. The Balaban J connectivity index is 1.58. The van der Waals surface area contributed by atoms with Gasteiger partial charge in [0.15, 0.2) is 0 Å². The summed E-state index contributed by atoms with van der Waals surface area (Å²) >= 11 is 0. The van der Waals surface area contributed by atoms with Crippen LogP contribution in [0.2, 0.25) is 0 Å². The number of carbonyl (C=O) groups excluding carboxylic acids is 3. The molecule has 0 radical (unpaired) electrons. The Morgan fingerprint density at radius 3 is 2.45 bits per heavy atom. The van der Waals surface area contributed by atoms with Crippen LogP contribution >= 0.6 is 0 Å². The van der Waals surface area contributed by atoms with Gasteiger partial charge in [0, 0.05) is 24.7 Å². The first-order valence-corrected chi connectivity index (χ1v) is 10.9. The van der Waals surface area contributed by atoms with Gasteiger partial charge in [0.1, 0.15) is 5.60 Å². The lowest BCUT2D eigenvalue weighted by molar-refractivity contribution is -0.133. The van der Waals surface area contributed by atoms with Crippen LogP contribution in [0.5, 0.6) is 0 Å². The van der Waals surface area contributed by atoms with Crippen LogP contribution in [0.3, 0.4) is 0 Å². The second-order valence-corrected chi connectivity index (χ2v) is 9.88. The number of anilines is 1. The van der Waals surface area contributed by atoms with Crippen LogP contribution < -0.4 is 10.8 Å². The molecule has 0 aromatic heterocycles. The summed E-state index contributed by atoms with van der Waals surface area (Å²) < 4.78 is 5.43. The largest absolute Gasteiger partial charge is 0.444 e. The maximum absolute atomic E-state index is 13.0. The summed E-state index contributed by atoms with van der Waals surface area (Å²) in [6, 6.07) is 5.77. The maximum Gasteiger partial charge on any atom is 0.410 e. The van der Waals surface area contributed by atoms with Crippen LogP contribution in [0, 0.1) is 11.3 Å². The molecule has 1 fully saturated rings. The topological polar surface area (TPSA) is 108 Å². The highest BCUT2D eigenvalue weighted by atomic mass is 16.6. The second kappa shape index (κ2) is 8.86. The predicted octanol–water partition coefficient (Wildman–Crippen LogP) is 3.27. The Hall–Kier alpha value is -2.61. The van der Waals surface area contributed by atoms with E-state index in [-0.39, 0.29) is 23.8 Å². The van der Waals surface area contributed by atoms with Crippen molar-refractivity contribution in [2.45, 2.75) is 65.4 Å². The molecule has 1 aliphatic heterocycles. The summed E-state index contributed by atoms with van der Waals surface area (Å²) in [5.74, 6) is -0.634. The van der Waals surface area contributed by atoms with E-state index in [0.717, 1.165) is 23.2 Å². The molecule has 1 atom stereocenters. The second-order valence-electron chi connectivity index (χ2n) is 9.88. The molecule has 1 heterocycles. The van der Waals surface area contributed by atoms with E-state index in [1.165, 1.54) is 0 Å². The molecule has 1 aliphatic carbocycles. The van der Waals surface area contributed by atoms with E-state index < -0.39 is 11.0 Å². The van der Waals surface area contributed by atoms with Crippen LogP contribution in [0.1, 0.15) is 58.1 Å². The molecular formula is C23H33N3O5. The summed E-state index contributed by atoms with van der Waals surface area (Å²) in [6.45, 7) is 8.42. The molecule has 1 aromatic rings. The number of amides is 3. The zero-order valence-electron chi connectivity index (χ0n) is 18.8. The Morgan fingerprint density at radius 2 is 1.84 bits per heavy atom. The van der Waals surface area contributed by atoms with Crippen molar-refractivity contribution in [1.82, 2.24) is 10.4 Å². The average Bonchev–Trinajstić information content (AvgIpc) is 2.72. The minimum absolute atomic E-state index is 0.0513. The molecular weight excluding hydrogens is 398 g/mol. The molecule has 31 heavy (non-hydrogen) atoms. The summed E-state index contributed by atoms with van der Waals surface area (Å²) in [7, 11) is 0. The van der Waals surface area contributed by atoms with Crippen LogP contribution in [-0.2, 0) is 27.2 Å². The quantitative estimate of drug-likeness (QED) is 0.503. The Labute approximate surface area is 183 Å².